The average Bonchev–Trinajstić information content (AvgIpc) is 2.34. The summed E-state index contributed by atoms with van der Waals surface area (Å²) in [6, 6.07) is 0. The molecule has 1 aromatic rings. The van der Waals surface area contributed by atoms with Gasteiger partial charge in [-0.25, -0.2) is 9.78 Å². The number of aromatic carboxylic acids is 1. The summed E-state index contributed by atoms with van der Waals surface area (Å²) in [5, 5.41) is 28.5. The molecule has 0 radical (unpaired) electrons. The molecular formula is C3H7N5O6. The van der Waals surface area contributed by atoms with Gasteiger partial charge in [0.15, 0.2) is 0 Å². The van der Waals surface area contributed by atoms with E-state index in [2.05, 4.69) is 15.2 Å². The number of aromatic amines is 2. The molecule has 1 aromatic heterocycles. The van der Waals surface area contributed by atoms with Crippen LogP contribution in [0.4, 0.5) is 5.95 Å². The normalized spacial score (nSPS) is 7.71. The molecule has 0 spiro atoms. The largest absolute Gasteiger partial charge is 0.474 e. The number of carboxylic acid groups (broad SMARTS) is 1. The fourth-order valence-electron chi connectivity index (χ4n) is 0.401. The van der Waals surface area contributed by atoms with E-state index >= 15 is 0 Å². The standard InChI is InChI=1S/C3H4N4O2.NO3.H2O/c4-3-5-1(2(8)9)6-7-3;2-1(3)4;/h(H,8,9)(H3,4,5,6,7);;1H2/q;-1;/p+1. The Labute approximate surface area is 75.6 Å². The maximum absolute atomic E-state index is 10.1. The quantitative estimate of drug-likeness (QED) is 0.332. The van der Waals surface area contributed by atoms with Gasteiger partial charge in [0.1, 0.15) is 0 Å². The van der Waals surface area contributed by atoms with Gasteiger partial charge in [0.25, 0.3) is 0 Å². The minimum absolute atomic E-state index is 0. The Morgan fingerprint density at radius 2 is 2.07 bits per heavy atom. The van der Waals surface area contributed by atoms with Gasteiger partial charge in [0.05, 0.1) is 5.09 Å². The van der Waals surface area contributed by atoms with Crippen LogP contribution in [-0.2, 0) is 0 Å². The first kappa shape index (κ1) is 14.1. The lowest BCUT2D eigenvalue weighted by Gasteiger charge is -1.74. The predicted octanol–water partition coefficient (Wildman–Crippen LogP) is -2.56. The molecule has 0 aromatic carbocycles. The lowest BCUT2D eigenvalue weighted by atomic mass is 10.6. The van der Waals surface area contributed by atoms with Crippen molar-refractivity contribution in [3.8, 4) is 0 Å². The first-order valence-corrected chi connectivity index (χ1v) is 2.71. The first-order chi connectivity index (χ1) is 5.93. The lowest BCUT2D eigenvalue weighted by Crippen LogP contribution is -2.16. The summed E-state index contributed by atoms with van der Waals surface area (Å²) in [6.45, 7) is 0. The smallest absolute Gasteiger partial charge is 0.396 e. The van der Waals surface area contributed by atoms with Crippen LogP contribution in [0, 0.1) is 15.3 Å². The fourth-order valence-corrected chi connectivity index (χ4v) is 0.401. The Morgan fingerprint density at radius 3 is 2.21 bits per heavy atom. The van der Waals surface area contributed by atoms with E-state index in [-0.39, 0.29) is 17.2 Å². The zero-order valence-corrected chi connectivity index (χ0v) is 6.55. The van der Waals surface area contributed by atoms with Gasteiger partial charge in [-0.15, -0.1) is 5.10 Å². The third kappa shape index (κ3) is 6.29. The van der Waals surface area contributed by atoms with Crippen molar-refractivity contribution in [3.05, 3.63) is 21.1 Å². The molecule has 0 unspecified atom stereocenters. The van der Waals surface area contributed by atoms with Crippen molar-refractivity contribution in [1.82, 2.24) is 10.2 Å². The van der Waals surface area contributed by atoms with E-state index in [0.717, 1.165) is 0 Å². The minimum Gasteiger partial charge on any atom is -0.474 e. The van der Waals surface area contributed by atoms with Gasteiger partial charge >= 0.3 is 17.7 Å². The minimum atomic E-state index is -1.75. The van der Waals surface area contributed by atoms with E-state index < -0.39 is 11.1 Å². The van der Waals surface area contributed by atoms with Crippen molar-refractivity contribution >= 4 is 11.9 Å². The van der Waals surface area contributed by atoms with Crippen LogP contribution in [0.5, 0.6) is 0 Å². The van der Waals surface area contributed by atoms with Crippen molar-refractivity contribution in [3.63, 3.8) is 0 Å². The molecule has 0 saturated carbocycles. The van der Waals surface area contributed by atoms with Crippen LogP contribution in [0.1, 0.15) is 10.6 Å². The van der Waals surface area contributed by atoms with Gasteiger partial charge in [-0.1, -0.05) is 0 Å². The second-order valence-corrected chi connectivity index (χ2v) is 1.64. The molecule has 80 valence electrons. The number of hydrogen-bond acceptors (Lipinski definition) is 6. The SMILES string of the molecule is Nc1n[nH]c(C(=O)O)[nH+]1.O.O=[N+]([O-])[O-]. The molecule has 11 nitrogen and oxygen atoms in total. The van der Waals surface area contributed by atoms with E-state index in [4.69, 9.17) is 26.2 Å². The Morgan fingerprint density at radius 1 is 1.64 bits per heavy atom. The fraction of sp³-hybridized carbons (Fsp3) is 0. The summed E-state index contributed by atoms with van der Waals surface area (Å²) in [6.07, 6.45) is 0. The number of carboxylic acids is 1. The highest BCUT2D eigenvalue weighted by atomic mass is 16.9. The number of aromatic nitrogens is 3. The monoisotopic (exact) mass is 209 g/mol. The van der Waals surface area contributed by atoms with Crippen LogP contribution in [-0.4, -0.2) is 31.8 Å². The molecule has 14 heavy (non-hydrogen) atoms. The van der Waals surface area contributed by atoms with Crippen LogP contribution in [0.25, 0.3) is 0 Å². The molecule has 0 atom stereocenters. The highest BCUT2D eigenvalue weighted by Gasteiger charge is 2.11. The van der Waals surface area contributed by atoms with Crippen molar-refractivity contribution in [2.75, 3.05) is 5.73 Å². The maximum atomic E-state index is 10.1. The van der Waals surface area contributed by atoms with E-state index in [1.807, 2.05) is 0 Å². The average molecular weight is 209 g/mol. The number of H-pyrrole nitrogens is 2. The first-order valence-electron chi connectivity index (χ1n) is 2.71. The zero-order valence-electron chi connectivity index (χ0n) is 6.55. The van der Waals surface area contributed by atoms with E-state index in [0.29, 0.717) is 0 Å². The molecule has 1 heterocycles. The number of carbonyl (C=O) groups is 1. The molecule has 0 aliphatic heterocycles. The summed E-state index contributed by atoms with van der Waals surface area (Å²) in [5.41, 5.74) is 5.06. The third-order valence-corrected chi connectivity index (χ3v) is 0.755. The summed E-state index contributed by atoms with van der Waals surface area (Å²) in [7, 11) is 0. The Hall–Kier alpha value is -2.43. The molecule has 0 aliphatic carbocycles. The summed E-state index contributed by atoms with van der Waals surface area (Å²) < 4.78 is 0. The van der Waals surface area contributed by atoms with Crippen molar-refractivity contribution in [2.24, 2.45) is 0 Å². The number of nitrogens with zero attached hydrogens (tertiary/aromatic N) is 2. The highest BCUT2D eigenvalue weighted by molar-refractivity contribution is 5.81. The highest BCUT2D eigenvalue weighted by Crippen LogP contribution is 1.82. The Kier molecular flexibility index (Phi) is 6.18. The molecule has 1 rings (SSSR count). The van der Waals surface area contributed by atoms with Crippen molar-refractivity contribution < 1.29 is 25.4 Å². The number of nitrogen functional groups attached to an aromatic ring is 1. The van der Waals surface area contributed by atoms with Gasteiger partial charge < -0.3 is 31.6 Å². The molecule has 0 saturated heterocycles. The number of nitrogens with two attached hydrogens (primary N) is 1. The molecule has 11 heteroatoms. The maximum Gasteiger partial charge on any atom is 0.396 e. The summed E-state index contributed by atoms with van der Waals surface area (Å²) in [5.74, 6) is -1.17. The molecule has 0 aliphatic rings. The molecule has 0 amide bonds. The second kappa shape index (κ2) is 6.13. The van der Waals surface area contributed by atoms with E-state index in [1.165, 1.54) is 0 Å². The summed E-state index contributed by atoms with van der Waals surface area (Å²) >= 11 is 0. The zero-order chi connectivity index (χ0) is 10.4. The number of nitrogens with one attached hydrogen (secondary N) is 2. The summed E-state index contributed by atoms with van der Waals surface area (Å²) in [4.78, 5) is 20.6. The lowest BCUT2D eigenvalue weighted by molar-refractivity contribution is -0.402. The Bertz CT molecular complexity index is 304. The predicted molar refractivity (Wildman–Crippen MR) is 40.5 cm³/mol. The van der Waals surface area contributed by atoms with E-state index in [9.17, 15) is 4.79 Å². The Balaban J connectivity index is 0. The topological polar surface area (TPSA) is 204 Å². The van der Waals surface area contributed by atoms with Gasteiger partial charge in [0, 0.05) is 5.10 Å². The van der Waals surface area contributed by atoms with Gasteiger partial charge in [0.2, 0.25) is 0 Å². The van der Waals surface area contributed by atoms with Crippen molar-refractivity contribution in [2.45, 2.75) is 0 Å². The second-order valence-electron chi connectivity index (χ2n) is 1.64. The van der Waals surface area contributed by atoms with Crippen LogP contribution >= 0.6 is 0 Å². The van der Waals surface area contributed by atoms with Crippen LogP contribution in [0.2, 0.25) is 0 Å². The van der Waals surface area contributed by atoms with Gasteiger partial charge in [-0.2, -0.15) is 0 Å². The van der Waals surface area contributed by atoms with Crippen molar-refractivity contribution in [1.29, 1.82) is 0 Å². The molecule has 7 N–H and O–H groups in total. The van der Waals surface area contributed by atoms with Crippen LogP contribution < -0.4 is 10.7 Å². The number of hydrogen-bond donors (Lipinski definition) is 3. The third-order valence-electron chi connectivity index (χ3n) is 0.755. The van der Waals surface area contributed by atoms with Crippen LogP contribution in [0.3, 0.4) is 0 Å². The number of anilines is 1. The van der Waals surface area contributed by atoms with Gasteiger partial charge in [-0.3, -0.25) is 0 Å². The van der Waals surface area contributed by atoms with Crippen LogP contribution in [0.15, 0.2) is 0 Å². The molecular weight excluding hydrogens is 202 g/mol. The van der Waals surface area contributed by atoms with E-state index in [1.54, 1.807) is 0 Å². The molecule has 0 bridgehead atoms. The van der Waals surface area contributed by atoms with Gasteiger partial charge in [-0.05, 0) is 0 Å². The number of rotatable bonds is 1. The molecule has 0 fully saturated rings.